The number of rotatable bonds is 7. The van der Waals surface area contributed by atoms with Gasteiger partial charge in [0, 0.05) is 30.4 Å². The molecule has 0 spiro atoms. The van der Waals surface area contributed by atoms with Crippen LogP contribution in [0, 0.1) is 6.92 Å². The average Bonchev–Trinajstić information content (AvgIpc) is 3.54. The number of aryl methyl sites for hydroxylation is 1. The number of aliphatic hydroxyl groups excluding tert-OH is 1. The third kappa shape index (κ3) is 5.08. The predicted octanol–water partition coefficient (Wildman–Crippen LogP) is 2.84. The molecule has 2 aliphatic rings. The van der Waals surface area contributed by atoms with E-state index in [9.17, 15) is 14.7 Å². The number of hydrogen-bond acceptors (Lipinski definition) is 8. The van der Waals surface area contributed by atoms with Gasteiger partial charge in [-0.15, -0.1) is 11.3 Å². The molecule has 2 saturated heterocycles. The number of nitrogens with zero attached hydrogens (tertiary/aromatic N) is 3. The summed E-state index contributed by atoms with van der Waals surface area (Å²) >= 11 is 1.18. The van der Waals surface area contributed by atoms with Gasteiger partial charge in [-0.1, -0.05) is 6.92 Å². The number of aliphatic hydroxyl groups is 1. The smallest absolute Gasteiger partial charge is 0.280 e. The molecule has 0 aromatic carbocycles. The molecule has 2 aliphatic heterocycles. The van der Waals surface area contributed by atoms with Gasteiger partial charge in [0.25, 0.3) is 11.8 Å². The van der Waals surface area contributed by atoms with Gasteiger partial charge in [0.05, 0.1) is 30.2 Å². The van der Waals surface area contributed by atoms with Crippen LogP contribution >= 0.6 is 11.3 Å². The monoisotopic (exact) mass is 487 g/mol. The lowest BCUT2D eigenvalue weighted by Crippen LogP contribution is -2.42. The number of nitrogens with one attached hydrogen (secondary N) is 2. The van der Waals surface area contributed by atoms with Crippen molar-refractivity contribution >= 4 is 29.0 Å². The summed E-state index contributed by atoms with van der Waals surface area (Å²) in [6.45, 7) is 9.32. The minimum atomic E-state index is -0.757. The molecule has 2 aromatic heterocycles. The standard InChI is InChI=1S/C24H33N5O4S/c1-5-14(3)26-19-9-13(2)16(10-25-19)21-20(24(32)29-8-6-7-15(29)4)28-23(34-21)22(31)27-17-11-33-12-18(17)30/h9-10,14-15,17-18,30H,5-8,11-12H2,1-4H3,(H,25,26)(H,27,31)/t14-,15-,17-,18-/m0/s1. The van der Waals surface area contributed by atoms with Crippen molar-refractivity contribution in [2.75, 3.05) is 25.1 Å². The van der Waals surface area contributed by atoms with Crippen LogP contribution in [0.5, 0.6) is 0 Å². The first-order chi connectivity index (χ1) is 16.3. The van der Waals surface area contributed by atoms with Crippen molar-refractivity contribution in [3.05, 3.63) is 28.5 Å². The third-order valence-corrected chi connectivity index (χ3v) is 7.65. The maximum atomic E-state index is 13.5. The molecule has 0 unspecified atom stereocenters. The van der Waals surface area contributed by atoms with Crippen LogP contribution in [-0.2, 0) is 4.74 Å². The summed E-state index contributed by atoms with van der Waals surface area (Å²) < 4.78 is 5.23. The highest BCUT2D eigenvalue weighted by Crippen LogP contribution is 2.35. The van der Waals surface area contributed by atoms with Crippen LogP contribution in [0.4, 0.5) is 5.82 Å². The van der Waals surface area contributed by atoms with Crippen LogP contribution in [0.3, 0.4) is 0 Å². The molecule has 10 heteroatoms. The summed E-state index contributed by atoms with van der Waals surface area (Å²) in [4.78, 5) is 38.0. The van der Waals surface area contributed by atoms with E-state index >= 15 is 0 Å². The number of likely N-dealkylation sites (tertiary alicyclic amines) is 1. The number of ether oxygens (including phenoxy) is 1. The van der Waals surface area contributed by atoms with E-state index in [1.165, 1.54) is 11.3 Å². The van der Waals surface area contributed by atoms with Crippen LogP contribution in [0.25, 0.3) is 10.4 Å². The molecule has 4 atom stereocenters. The lowest BCUT2D eigenvalue weighted by molar-refractivity contribution is 0.0743. The van der Waals surface area contributed by atoms with E-state index < -0.39 is 18.1 Å². The number of aromatic nitrogens is 2. The van der Waals surface area contributed by atoms with Gasteiger partial charge < -0.3 is 25.4 Å². The van der Waals surface area contributed by atoms with E-state index in [-0.39, 0.29) is 35.9 Å². The third-order valence-electron chi connectivity index (χ3n) is 6.57. The van der Waals surface area contributed by atoms with Crippen molar-refractivity contribution in [1.29, 1.82) is 0 Å². The Hall–Kier alpha value is -2.56. The van der Waals surface area contributed by atoms with E-state index in [4.69, 9.17) is 4.74 Å². The first kappa shape index (κ1) is 24.6. The highest BCUT2D eigenvalue weighted by atomic mass is 32.1. The Morgan fingerprint density at radius 3 is 2.79 bits per heavy atom. The predicted molar refractivity (Wildman–Crippen MR) is 131 cm³/mol. The zero-order chi connectivity index (χ0) is 24.4. The molecule has 2 amide bonds. The summed E-state index contributed by atoms with van der Waals surface area (Å²) in [7, 11) is 0. The van der Waals surface area contributed by atoms with Crippen LogP contribution in [0.2, 0.25) is 0 Å². The van der Waals surface area contributed by atoms with E-state index in [1.54, 1.807) is 6.20 Å². The molecule has 0 saturated carbocycles. The van der Waals surface area contributed by atoms with Gasteiger partial charge in [-0.05, 0) is 51.7 Å². The maximum Gasteiger partial charge on any atom is 0.280 e. The molecular weight excluding hydrogens is 454 g/mol. The van der Waals surface area contributed by atoms with Crippen molar-refractivity contribution in [3.63, 3.8) is 0 Å². The first-order valence-corrected chi connectivity index (χ1v) is 12.7. The molecule has 3 N–H and O–H groups in total. The second-order valence-corrected chi connectivity index (χ2v) is 10.2. The molecule has 4 rings (SSSR count). The molecule has 4 heterocycles. The quantitative estimate of drug-likeness (QED) is 0.550. The zero-order valence-electron chi connectivity index (χ0n) is 20.1. The van der Waals surface area contributed by atoms with Gasteiger partial charge >= 0.3 is 0 Å². The maximum absolute atomic E-state index is 13.5. The van der Waals surface area contributed by atoms with Crippen molar-refractivity contribution < 1.29 is 19.4 Å². The van der Waals surface area contributed by atoms with Gasteiger partial charge in [-0.25, -0.2) is 9.97 Å². The number of anilines is 1. The Morgan fingerprint density at radius 2 is 2.18 bits per heavy atom. The minimum Gasteiger partial charge on any atom is -0.388 e. The lowest BCUT2D eigenvalue weighted by Gasteiger charge is -2.21. The molecule has 0 aliphatic carbocycles. The number of carbonyl (C=O) groups is 2. The Morgan fingerprint density at radius 1 is 1.38 bits per heavy atom. The first-order valence-electron chi connectivity index (χ1n) is 11.9. The summed E-state index contributed by atoms with van der Waals surface area (Å²) in [5.41, 5.74) is 2.00. The van der Waals surface area contributed by atoms with Crippen molar-refractivity contribution in [2.24, 2.45) is 0 Å². The summed E-state index contributed by atoms with van der Waals surface area (Å²) in [6, 6.07) is 1.89. The van der Waals surface area contributed by atoms with Crippen LogP contribution in [0.1, 0.15) is 65.9 Å². The molecular formula is C24H33N5O4S. The average molecular weight is 488 g/mol. The molecule has 0 radical (unpaired) electrons. The number of pyridine rings is 1. The highest BCUT2D eigenvalue weighted by molar-refractivity contribution is 7.17. The molecule has 34 heavy (non-hydrogen) atoms. The fourth-order valence-corrected chi connectivity index (χ4v) is 5.29. The number of hydrogen-bond donors (Lipinski definition) is 3. The summed E-state index contributed by atoms with van der Waals surface area (Å²) in [5, 5.41) is 16.3. The van der Waals surface area contributed by atoms with Crippen molar-refractivity contribution in [3.8, 4) is 10.4 Å². The van der Waals surface area contributed by atoms with Crippen LogP contribution in [0.15, 0.2) is 12.3 Å². The topological polar surface area (TPSA) is 117 Å². The Balaban J connectivity index is 1.68. The number of carbonyl (C=O) groups excluding carboxylic acids is 2. The normalized spacial score (nSPS) is 23.2. The fraction of sp³-hybridized carbons (Fsp3) is 0.583. The van der Waals surface area contributed by atoms with E-state index in [1.807, 2.05) is 24.8 Å². The highest BCUT2D eigenvalue weighted by Gasteiger charge is 2.33. The minimum absolute atomic E-state index is 0.131. The number of amides is 2. The zero-order valence-corrected chi connectivity index (χ0v) is 20.9. The van der Waals surface area contributed by atoms with Crippen molar-refractivity contribution in [2.45, 2.75) is 71.2 Å². The molecule has 9 nitrogen and oxygen atoms in total. The van der Waals surface area contributed by atoms with Gasteiger partial charge in [0.15, 0.2) is 5.01 Å². The summed E-state index contributed by atoms with van der Waals surface area (Å²) in [6.07, 6.45) is 3.87. The van der Waals surface area contributed by atoms with Gasteiger partial charge in [0.1, 0.15) is 11.5 Å². The van der Waals surface area contributed by atoms with Gasteiger partial charge in [0.2, 0.25) is 0 Å². The largest absolute Gasteiger partial charge is 0.388 e. The van der Waals surface area contributed by atoms with Crippen molar-refractivity contribution in [1.82, 2.24) is 20.2 Å². The molecule has 184 valence electrons. The lowest BCUT2D eigenvalue weighted by atomic mass is 10.1. The number of thiazole rings is 1. The van der Waals surface area contributed by atoms with Gasteiger partial charge in [-0.2, -0.15) is 0 Å². The van der Waals surface area contributed by atoms with Crippen LogP contribution < -0.4 is 10.6 Å². The van der Waals surface area contributed by atoms with E-state index in [0.717, 1.165) is 36.2 Å². The molecule has 2 aromatic rings. The molecule has 2 fully saturated rings. The second kappa shape index (κ2) is 10.4. The Bertz CT molecular complexity index is 1060. The van der Waals surface area contributed by atoms with Crippen LogP contribution in [-0.4, -0.2) is 75.8 Å². The van der Waals surface area contributed by atoms with Gasteiger partial charge in [-0.3, -0.25) is 9.59 Å². The Labute approximate surface area is 203 Å². The SMILES string of the molecule is CC[C@H](C)Nc1cc(C)c(-c2sc(C(=O)N[C@H]3COC[C@@H]3O)nc2C(=O)N2CCC[C@@H]2C)cn1. The van der Waals surface area contributed by atoms with E-state index in [0.29, 0.717) is 17.5 Å². The second-order valence-electron chi connectivity index (χ2n) is 9.21. The summed E-state index contributed by atoms with van der Waals surface area (Å²) in [5.74, 6) is 0.185. The van der Waals surface area contributed by atoms with E-state index in [2.05, 4.69) is 34.4 Å². The Kier molecular flexibility index (Phi) is 7.49. The molecule has 0 bridgehead atoms. The fourth-order valence-electron chi connectivity index (χ4n) is 4.25.